The Balaban J connectivity index is 1.68. The van der Waals surface area contributed by atoms with Crippen molar-refractivity contribution >= 4 is 21.4 Å². The first kappa shape index (κ1) is 19.4. The van der Waals surface area contributed by atoms with Gasteiger partial charge in [0.25, 0.3) is 0 Å². The van der Waals surface area contributed by atoms with Gasteiger partial charge in [0.2, 0.25) is 10.0 Å². The first-order chi connectivity index (χ1) is 12.4. The van der Waals surface area contributed by atoms with Crippen molar-refractivity contribution in [2.45, 2.75) is 31.8 Å². The maximum absolute atomic E-state index is 12.9. The van der Waals surface area contributed by atoms with E-state index in [0.717, 1.165) is 54.7 Å². The Bertz CT molecular complexity index is 858. The van der Waals surface area contributed by atoms with Crippen LogP contribution in [0.15, 0.2) is 28.5 Å². The van der Waals surface area contributed by atoms with Crippen LogP contribution in [0.4, 0.5) is 0 Å². The van der Waals surface area contributed by atoms with Crippen LogP contribution in [0, 0.1) is 13.8 Å². The molecule has 1 aliphatic rings. The van der Waals surface area contributed by atoms with E-state index < -0.39 is 10.0 Å². The van der Waals surface area contributed by atoms with Crippen molar-refractivity contribution in [3.05, 3.63) is 45.4 Å². The summed E-state index contributed by atoms with van der Waals surface area (Å²) in [7, 11) is -1.92. The van der Waals surface area contributed by atoms with E-state index in [1.54, 1.807) is 24.5 Å². The fourth-order valence-electron chi connectivity index (χ4n) is 3.01. The largest absolute Gasteiger partial charge is 0.379 e. The van der Waals surface area contributed by atoms with Crippen LogP contribution in [0.25, 0.3) is 0 Å². The van der Waals surface area contributed by atoms with E-state index in [9.17, 15) is 8.42 Å². The van der Waals surface area contributed by atoms with Crippen LogP contribution < -0.4 is 0 Å². The zero-order valence-electron chi connectivity index (χ0n) is 15.4. The van der Waals surface area contributed by atoms with Gasteiger partial charge in [0.05, 0.1) is 36.9 Å². The van der Waals surface area contributed by atoms with Gasteiger partial charge in [0, 0.05) is 25.5 Å². The molecule has 2 heterocycles. The quantitative estimate of drug-likeness (QED) is 0.752. The fourth-order valence-corrected chi connectivity index (χ4v) is 5.18. The lowest BCUT2D eigenvalue weighted by molar-refractivity contribution is 0.0341. The zero-order chi connectivity index (χ0) is 18.7. The highest BCUT2D eigenvalue weighted by molar-refractivity contribution is 7.89. The maximum atomic E-state index is 12.9. The number of nitrogens with zero attached hydrogens (tertiary/aromatic N) is 3. The van der Waals surface area contributed by atoms with Gasteiger partial charge in [-0.3, -0.25) is 4.90 Å². The Morgan fingerprint density at radius 3 is 2.69 bits per heavy atom. The SMILES string of the molecule is Cc1ccc(S(=O)(=O)N(C)Cc2csc(CN3CCOCC3)n2)c(C)c1. The molecule has 6 nitrogen and oxygen atoms in total. The molecule has 1 saturated heterocycles. The molecule has 0 amide bonds. The van der Waals surface area contributed by atoms with Gasteiger partial charge in [-0.05, 0) is 25.5 Å². The molecule has 0 unspecified atom stereocenters. The fraction of sp³-hybridized carbons (Fsp3) is 0.500. The third-order valence-electron chi connectivity index (χ3n) is 4.47. The third-order valence-corrected chi connectivity index (χ3v) is 7.31. The smallest absolute Gasteiger partial charge is 0.243 e. The molecule has 0 spiro atoms. The van der Waals surface area contributed by atoms with Crippen molar-refractivity contribution in [1.82, 2.24) is 14.2 Å². The number of aromatic nitrogens is 1. The number of aryl methyl sites for hydroxylation is 2. The molecule has 0 bridgehead atoms. The molecular formula is C18H25N3O3S2. The molecule has 0 N–H and O–H groups in total. The summed E-state index contributed by atoms with van der Waals surface area (Å²) in [4.78, 5) is 7.28. The lowest BCUT2D eigenvalue weighted by Crippen LogP contribution is -2.35. The minimum absolute atomic E-state index is 0.273. The predicted molar refractivity (Wildman–Crippen MR) is 103 cm³/mol. The summed E-state index contributed by atoms with van der Waals surface area (Å²) in [5, 5.41) is 2.96. The van der Waals surface area contributed by atoms with Gasteiger partial charge in [-0.2, -0.15) is 4.31 Å². The molecular weight excluding hydrogens is 370 g/mol. The van der Waals surface area contributed by atoms with Crippen LogP contribution in [0.3, 0.4) is 0 Å². The lowest BCUT2D eigenvalue weighted by atomic mass is 10.2. The second-order valence-corrected chi connectivity index (χ2v) is 9.61. The van der Waals surface area contributed by atoms with Crippen molar-refractivity contribution in [2.24, 2.45) is 0 Å². The molecule has 142 valence electrons. The molecule has 3 rings (SSSR count). The molecule has 1 aromatic heterocycles. The van der Waals surface area contributed by atoms with Gasteiger partial charge in [-0.15, -0.1) is 11.3 Å². The van der Waals surface area contributed by atoms with Crippen LogP contribution in [0.5, 0.6) is 0 Å². The van der Waals surface area contributed by atoms with Crippen molar-refractivity contribution in [3.8, 4) is 0 Å². The van der Waals surface area contributed by atoms with Crippen molar-refractivity contribution < 1.29 is 13.2 Å². The second kappa shape index (κ2) is 8.14. The molecule has 2 aromatic rings. The van der Waals surface area contributed by atoms with E-state index in [1.165, 1.54) is 4.31 Å². The summed E-state index contributed by atoms with van der Waals surface area (Å²) in [5.41, 5.74) is 2.61. The minimum atomic E-state index is -3.53. The minimum Gasteiger partial charge on any atom is -0.379 e. The van der Waals surface area contributed by atoms with Gasteiger partial charge >= 0.3 is 0 Å². The summed E-state index contributed by atoms with van der Waals surface area (Å²) < 4.78 is 32.5. The Hall–Kier alpha value is -1.32. The Kier molecular flexibility index (Phi) is 6.09. The third kappa shape index (κ3) is 4.50. The van der Waals surface area contributed by atoms with E-state index >= 15 is 0 Å². The summed E-state index contributed by atoms with van der Waals surface area (Å²) in [6.45, 7) is 8.20. The van der Waals surface area contributed by atoms with E-state index in [2.05, 4.69) is 9.88 Å². The molecule has 26 heavy (non-hydrogen) atoms. The van der Waals surface area contributed by atoms with E-state index in [-0.39, 0.29) is 6.54 Å². The highest BCUT2D eigenvalue weighted by atomic mass is 32.2. The van der Waals surface area contributed by atoms with Crippen LogP contribution in [-0.2, 0) is 27.8 Å². The molecule has 1 fully saturated rings. The number of thiazole rings is 1. The van der Waals surface area contributed by atoms with Crippen LogP contribution in [0.1, 0.15) is 21.8 Å². The molecule has 1 aliphatic heterocycles. The first-order valence-corrected chi connectivity index (χ1v) is 11.0. The molecule has 0 aliphatic carbocycles. The predicted octanol–water partition coefficient (Wildman–Crippen LogP) is 2.41. The number of ether oxygens (including phenoxy) is 1. The Labute approximate surface area is 159 Å². The highest BCUT2D eigenvalue weighted by Gasteiger charge is 2.24. The molecule has 0 atom stereocenters. The van der Waals surface area contributed by atoms with Crippen molar-refractivity contribution in [2.75, 3.05) is 33.4 Å². The number of sulfonamides is 1. The summed E-state index contributed by atoms with van der Waals surface area (Å²) >= 11 is 1.58. The Morgan fingerprint density at radius 2 is 2.00 bits per heavy atom. The van der Waals surface area contributed by atoms with Crippen molar-refractivity contribution in [3.63, 3.8) is 0 Å². The second-order valence-electron chi connectivity index (χ2n) is 6.65. The molecule has 1 aromatic carbocycles. The first-order valence-electron chi connectivity index (χ1n) is 8.63. The van der Waals surface area contributed by atoms with Crippen LogP contribution in [-0.4, -0.2) is 56.0 Å². The van der Waals surface area contributed by atoms with Crippen molar-refractivity contribution in [1.29, 1.82) is 0 Å². The lowest BCUT2D eigenvalue weighted by Gasteiger charge is -2.25. The van der Waals surface area contributed by atoms with E-state index in [4.69, 9.17) is 4.74 Å². The standard InChI is InChI=1S/C18H25N3O3S2/c1-14-4-5-17(15(2)10-14)26(22,23)20(3)11-16-13-25-18(19-16)12-21-6-8-24-9-7-21/h4-5,10,13H,6-9,11-12H2,1-3H3. The topological polar surface area (TPSA) is 62.7 Å². The van der Waals surface area contributed by atoms with Gasteiger partial charge < -0.3 is 4.74 Å². The molecule has 0 radical (unpaired) electrons. The summed E-state index contributed by atoms with van der Waals surface area (Å²) in [6.07, 6.45) is 0. The van der Waals surface area contributed by atoms with Gasteiger partial charge in [-0.25, -0.2) is 13.4 Å². The average molecular weight is 396 g/mol. The maximum Gasteiger partial charge on any atom is 0.243 e. The number of morpholine rings is 1. The number of hydrogen-bond donors (Lipinski definition) is 0. The zero-order valence-corrected chi connectivity index (χ0v) is 17.1. The number of benzene rings is 1. The van der Waals surface area contributed by atoms with E-state index in [0.29, 0.717) is 4.90 Å². The summed E-state index contributed by atoms with van der Waals surface area (Å²) in [5.74, 6) is 0. The molecule has 8 heteroatoms. The monoisotopic (exact) mass is 395 g/mol. The van der Waals surface area contributed by atoms with Crippen LogP contribution in [0.2, 0.25) is 0 Å². The highest BCUT2D eigenvalue weighted by Crippen LogP contribution is 2.22. The van der Waals surface area contributed by atoms with Gasteiger partial charge in [-0.1, -0.05) is 17.7 Å². The van der Waals surface area contributed by atoms with Crippen LogP contribution >= 0.6 is 11.3 Å². The van der Waals surface area contributed by atoms with Gasteiger partial charge in [0.1, 0.15) is 5.01 Å². The molecule has 0 saturated carbocycles. The number of rotatable bonds is 6. The van der Waals surface area contributed by atoms with E-state index in [1.807, 2.05) is 31.4 Å². The average Bonchev–Trinajstić information content (AvgIpc) is 3.02. The number of hydrogen-bond acceptors (Lipinski definition) is 6. The van der Waals surface area contributed by atoms with Gasteiger partial charge in [0.15, 0.2) is 0 Å². The summed E-state index contributed by atoms with van der Waals surface area (Å²) in [6, 6.07) is 5.41. The Morgan fingerprint density at radius 1 is 1.27 bits per heavy atom. The normalized spacial score (nSPS) is 16.3.